The van der Waals surface area contributed by atoms with Gasteiger partial charge < -0.3 is 19.9 Å². The molecular formula is C13H14BrNO4. The third kappa shape index (κ3) is 2.08. The van der Waals surface area contributed by atoms with Crippen LogP contribution < -0.4 is 14.8 Å². The van der Waals surface area contributed by atoms with Crippen molar-refractivity contribution in [2.45, 2.75) is 19.4 Å². The molecule has 2 aliphatic rings. The van der Waals surface area contributed by atoms with Crippen molar-refractivity contribution >= 4 is 21.9 Å². The number of carboxylic acid groups (broad SMARTS) is 1. The van der Waals surface area contributed by atoms with Gasteiger partial charge in [0.25, 0.3) is 0 Å². The second-order valence-electron chi connectivity index (χ2n) is 4.89. The van der Waals surface area contributed by atoms with Gasteiger partial charge in [-0.1, -0.05) is 0 Å². The van der Waals surface area contributed by atoms with Crippen molar-refractivity contribution in [3.8, 4) is 11.5 Å². The average Bonchev–Trinajstić information content (AvgIpc) is 2.97. The van der Waals surface area contributed by atoms with E-state index in [0.717, 1.165) is 21.3 Å². The van der Waals surface area contributed by atoms with Crippen LogP contribution in [-0.2, 0) is 4.79 Å². The minimum atomic E-state index is -0.746. The van der Waals surface area contributed by atoms with Gasteiger partial charge in [-0.05, 0) is 46.5 Å². The zero-order chi connectivity index (χ0) is 13.6. The molecule has 0 amide bonds. The molecule has 2 N–H and O–H groups in total. The molecule has 102 valence electrons. The normalized spacial score (nSPS) is 24.7. The molecule has 2 unspecified atom stereocenters. The van der Waals surface area contributed by atoms with E-state index >= 15 is 0 Å². The summed E-state index contributed by atoms with van der Waals surface area (Å²) in [5.74, 6) is 0.369. The topological polar surface area (TPSA) is 67.8 Å². The fourth-order valence-electron chi connectivity index (χ4n) is 2.71. The summed E-state index contributed by atoms with van der Waals surface area (Å²) < 4.78 is 11.7. The molecule has 3 rings (SSSR count). The van der Waals surface area contributed by atoms with E-state index in [1.165, 1.54) is 0 Å². The molecule has 6 heteroatoms. The SMILES string of the molecule is Cc1cc2c(c(Br)c1C1CC(C(=O)O)CN1)OCO2. The fraction of sp³-hybridized carbons (Fsp3) is 0.462. The summed E-state index contributed by atoms with van der Waals surface area (Å²) in [4.78, 5) is 11.0. The molecule has 1 aromatic rings. The Labute approximate surface area is 119 Å². The molecule has 1 aromatic carbocycles. The highest BCUT2D eigenvalue weighted by Crippen LogP contribution is 2.46. The van der Waals surface area contributed by atoms with Crippen molar-refractivity contribution in [1.82, 2.24) is 5.32 Å². The standard InChI is InChI=1S/C13H14BrNO4/c1-6-2-9-12(19-5-18-9)11(14)10(6)8-3-7(4-15-8)13(16)17/h2,7-8,15H,3-5H2,1H3,(H,16,17). The highest BCUT2D eigenvalue weighted by Gasteiger charge is 2.34. The second kappa shape index (κ2) is 4.68. The Morgan fingerprint density at radius 3 is 3.00 bits per heavy atom. The van der Waals surface area contributed by atoms with Gasteiger partial charge in [-0.3, -0.25) is 4.79 Å². The Bertz CT molecular complexity index is 546. The third-order valence-electron chi connectivity index (χ3n) is 3.68. The smallest absolute Gasteiger partial charge is 0.307 e. The number of benzene rings is 1. The number of aryl methyl sites for hydroxylation is 1. The van der Waals surface area contributed by atoms with Crippen LogP contribution in [0.1, 0.15) is 23.6 Å². The van der Waals surface area contributed by atoms with Crippen LogP contribution in [0.2, 0.25) is 0 Å². The van der Waals surface area contributed by atoms with E-state index in [9.17, 15) is 4.79 Å². The van der Waals surface area contributed by atoms with Crippen molar-refractivity contribution in [1.29, 1.82) is 0 Å². The molecule has 2 heterocycles. The van der Waals surface area contributed by atoms with Gasteiger partial charge in [0.15, 0.2) is 11.5 Å². The van der Waals surface area contributed by atoms with Gasteiger partial charge in [0.2, 0.25) is 6.79 Å². The van der Waals surface area contributed by atoms with Crippen LogP contribution in [0.3, 0.4) is 0 Å². The molecule has 1 saturated heterocycles. The summed E-state index contributed by atoms with van der Waals surface area (Å²) >= 11 is 3.56. The third-order valence-corrected chi connectivity index (χ3v) is 4.47. The number of aliphatic carboxylic acids is 1. The molecular weight excluding hydrogens is 314 g/mol. The van der Waals surface area contributed by atoms with Gasteiger partial charge in [-0.2, -0.15) is 0 Å². The van der Waals surface area contributed by atoms with Crippen molar-refractivity contribution in [3.63, 3.8) is 0 Å². The minimum Gasteiger partial charge on any atom is -0.481 e. The summed E-state index contributed by atoms with van der Waals surface area (Å²) in [6.45, 7) is 2.73. The van der Waals surface area contributed by atoms with Crippen LogP contribution >= 0.6 is 15.9 Å². The lowest BCUT2D eigenvalue weighted by atomic mass is 9.96. The number of carboxylic acids is 1. The summed E-state index contributed by atoms with van der Waals surface area (Å²) in [5.41, 5.74) is 2.13. The van der Waals surface area contributed by atoms with Crippen molar-refractivity contribution in [3.05, 3.63) is 21.7 Å². The number of nitrogens with one attached hydrogen (secondary N) is 1. The van der Waals surface area contributed by atoms with Gasteiger partial charge in [-0.15, -0.1) is 0 Å². The highest BCUT2D eigenvalue weighted by atomic mass is 79.9. The molecule has 0 radical (unpaired) electrons. The maximum absolute atomic E-state index is 11.0. The van der Waals surface area contributed by atoms with Crippen LogP contribution in [0.25, 0.3) is 0 Å². The van der Waals surface area contributed by atoms with Crippen LogP contribution in [0.15, 0.2) is 10.5 Å². The Kier molecular flexibility index (Phi) is 3.14. The summed E-state index contributed by atoms with van der Waals surface area (Å²) in [5, 5.41) is 12.3. The summed E-state index contributed by atoms with van der Waals surface area (Å²) in [7, 11) is 0. The van der Waals surface area contributed by atoms with Gasteiger partial charge in [-0.25, -0.2) is 0 Å². The maximum atomic E-state index is 11.0. The number of halogens is 1. The first kappa shape index (κ1) is 12.7. The largest absolute Gasteiger partial charge is 0.481 e. The average molecular weight is 328 g/mol. The zero-order valence-corrected chi connectivity index (χ0v) is 12.0. The van der Waals surface area contributed by atoms with Crippen LogP contribution in [-0.4, -0.2) is 24.4 Å². The van der Waals surface area contributed by atoms with E-state index in [1.807, 2.05) is 13.0 Å². The Morgan fingerprint density at radius 1 is 1.53 bits per heavy atom. The number of fused-ring (bicyclic) bond motifs is 1. The molecule has 0 bridgehead atoms. The zero-order valence-electron chi connectivity index (χ0n) is 10.4. The summed E-state index contributed by atoms with van der Waals surface area (Å²) in [6.07, 6.45) is 0.592. The quantitative estimate of drug-likeness (QED) is 0.871. The molecule has 19 heavy (non-hydrogen) atoms. The van der Waals surface area contributed by atoms with Gasteiger partial charge >= 0.3 is 5.97 Å². The molecule has 0 saturated carbocycles. The molecule has 5 nitrogen and oxygen atoms in total. The van der Waals surface area contributed by atoms with E-state index in [1.54, 1.807) is 0 Å². The fourth-order valence-corrected chi connectivity index (χ4v) is 3.61. The number of hydrogen-bond donors (Lipinski definition) is 2. The van der Waals surface area contributed by atoms with Gasteiger partial charge in [0, 0.05) is 12.6 Å². The maximum Gasteiger partial charge on any atom is 0.307 e. The number of carbonyl (C=O) groups is 1. The number of hydrogen-bond acceptors (Lipinski definition) is 4. The number of ether oxygens (including phenoxy) is 2. The lowest BCUT2D eigenvalue weighted by Crippen LogP contribution is -2.17. The van der Waals surface area contributed by atoms with Crippen molar-refractivity contribution in [2.24, 2.45) is 5.92 Å². The summed E-state index contributed by atoms with van der Waals surface area (Å²) in [6, 6.07) is 1.98. The first-order valence-electron chi connectivity index (χ1n) is 6.12. The Morgan fingerprint density at radius 2 is 2.32 bits per heavy atom. The van der Waals surface area contributed by atoms with Crippen LogP contribution in [0.4, 0.5) is 0 Å². The predicted molar refractivity (Wildman–Crippen MR) is 71.5 cm³/mol. The predicted octanol–water partition coefficient (Wildman–Crippen LogP) is 2.22. The molecule has 2 aliphatic heterocycles. The van der Waals surface area contributed by atoms with Crippen LogP contribution in [0, 0.1) is 12.8 Å². The second-order valence-corrected chi connectivity index (χ2v) is 5.68. The first-order valence-corrected chi connectivity index (χ1v) is 6.92. The molecule has 2 atom stereocenters. The van der Waals surface area contributed by atoms with E-state index in [-0.39, 0.29) is 18.8 Å². The van der Waals surface area contributed by atoms with Crippen molar-refractivity contribution < 1.29 is 19.4 Å². The lowest BCUT2D eigenvalue weighted by Gasteiger charge is -2.17. The van der Waals surface area contributed by atoms with Gasteiger partial charge in [0.05, 0.1) is 10.4 Å². The molecule has 0 spiro atoms. The van der Waals surface area contributed by atoms with Crippen LogP contribution in [0.5, 0.6) is 11.5 Å². The minimum absolute atomic E-state index is 0.0324. The number of rotatable bonds is 2. The highest BCUT2D eigenvalue weighted by molar-refractivity contribution is 9.10. The molecule has 0 aromatic heterocycles. The first-order chi connectivity index (χ1) is 9.08. The monoisotopic (exact) mass is 327 g/mol. The molecule has 1 fully saturated rings. The van der Waals surface area contributed by atoms with E-state index < -0.39 is 5.97 Å². The van der Waals surface area contributed by atoms with Gasteiger partial charge in [0.1, 0.15) is 0 Å². The van der Waals surface area contributed by atoms with E-state index in [4.69, 9.17) is 14.6 Å². The van der Waals surface area contributed by atoms with E-state index in [2.05, 4.69) is 21.2 Å². The Balaban J connectivity index is 1.96. The van der Waals surface area contributed by atoms with E-state index in [0.29, 0.717) is 18.7 Å². The molecule has 0 aliphatic carbocycles. The Hall–Kier alpha value is -1.27. The van der Waals surface area contributed by atoms with Crippen molar-refractivity contribution in [2.75, 3.05) is 13.3 Å². The lowest BCUT2D eigenvalue weighted by molar-refractivity contribution is -0.141.